The second-order valence-corrected chi connectivity index (χ2v) is 37.7. The summed E-state index contributed by atoms with van der Waals surface area (Å²) >= 11 is 13.8. The molecule has 0 saturated heterocycles. The fourth-order valence-corrected chi connectivity index (χ4v) is 21.4. The summed E-state index contributed by atoms with van der Waals surface area (Å²) in [6, 6.07) is 40.6. The van der Waals surface area contributed by atoms with E-state index >= 15 is 0 Å². The first kappa shape index (κ1) is 103. The number of aliphatic hydroxyl groups excluding tert-OH is 1. The summed E-state index contributed by atoms with van der Waals surface area (Å²) in [7, 11) is 0. The number of carbonyl (C=O) groups is 3. The van der Waals surface area contributed by atoms with Crippen LogP contribution in [0.15, 0.2) is 188 Å². The Bertz CT molecular complexity index is 5160. The number of nitro benzene ring substituents is 6. The van der Waals surface area contributed by atoms with E-state index in [1.54, 1.807) is 96.3 Å². The van der Waals surface area contributed by atoms with Gasteiger partial charge in [-0.15, -0.1) is 35.8 Å². The number of nitrogens with one attached hydrogen (secondary N) is 1. The first-order chi connectivity index (χ1) is 60.9. The molecule has 6 aromatic rings. The van der Waals surface area contributed by atoms with Gasteiger partial charge in [-0.1, -0.05) is 149 Å². The number of non-ortho nitro benzene ring substituents is 6. The summed E-state index contributed by atoms with van der Waals surface area (Å²) in [6.45, 7) is 5.60. The number of halogens is 3. The Balaban J connectivity index is 0.000000187. The average Bonchev–Trinajstić information content (AvgIpc) is 0.755. The van der Waals surface area contributed by atoms with Crippen molar-refractivity contribution in [2.45, 2.75) is 224 Å². The predicted molar refractivity (Wildman–Crippen MR) is 518 cm³/mol. The minimum Gasteiger partial charge on any atom is -0.460 e. The molecule has 0 amide bonds. The third-order valence-corrected chi connectivity index (χ3v) is 27.9. The number of alkyl halides is 1. The molecule has 2 heterocycles. The van der Waals surface area contributed by atoms with E-state index in [1.165, 1.54) is 96.1 Å². The fraction of sp³-hybridized carbons (Fsp3) is 0.447. The number of carbonyl (C=O) groups excluding carboxylic acids is 3. The van der Waals surface area contributed by atoms with Crippen molar-refractivity contribution in [2.24, 2.45) is 33.3 Å². The number of aliphatic imine (C=N–C) groups is 2. The van der Waals surface area contributed by atoms with Gasteiger partial charge in [-0.2, -0.15) is 0 Å². The number of allylic oxidation sites excluding steroid dienone is 8. The number of fused-ring (bicyclic) bond motifs is 2. The van der Waals surface area contributed by atoms with Crippen LogP contribution in [0.25, 0.3) is 22.3 Å². The summed E-state index contributed by atoms with van der Waals surface area (Å²) in [5, 5.41) is 83.4. The highest BCUT2D eigenvalue weighted by Crippen LogP contribution is 2.52. The minimum absolute atomic E-state index is 0. The summed E-state index contributed by atoms with van der Waals surface area (Å²) in [5.41, 5.74) is 25.8. The lowest BCUT2D eigenvalue weighted by atomic mass is 9.69. The number of thioether (sulfide) groups is 3. The van der Waals surface area contributed by atoms with Crippen LogP contribution in [0.5, 0.6) is 0 Å². The first-order valence-electron chi connectivity index (χ1n) is 43.1. The van der Waals surface area contributed by atoms with Gasteiger partial charge in [0.1, 0.15) is 18.2 Å². The maximum atomic E-state index is 12.3. The maximum absolute atomic E-state index is 12.3. The Morgan fingerprint density at radius 1 is 0.516 bits per heavy atom. The van der Waals surface area contributed by atoms with Crippen molar-refractivity contribution >= 4 is 166 Å². The van der Waals surface area contributed by atoms with E-state index in [9.17, 15) is 80.2 Å². The molecule has 0 bridgehead atoms. The zero-order valence-electron chi connectivity index (χ0n) is 72.3. The zero-order chi connectivity index (χ0) is 91.8. The molecule has 0 spiro atoms. The molecule has 34 heteroatoms. The van der Waals surface area contributed by atoms with E-state index in [-0.39, 0.29) is 101 Å². The fourth-order valence-electron chi connectivity index (χ4n) is 17.5. The Hall–Kier alpha value is -10.1. The van der Waals surface area contributed by atoms with Gasteiger partial charge in [-0.05, 0) is 254 Å². The molecular weight excluding hydrogens is 1800 g/mol. The second kappa shape index (κ2) is 50.8. The molecule has 7 aliphatic carbocycles. The molecule has 2 fully saturated rings. The number of aldehydes is 2. The number of esters is 1. The van der Waals surface area contributed by atoms with E-state index in [2.05, 4.69) is 15.9 Å². The van der Waals surface area contributed by atoms with Crippen molar-refractivity contribution in [2.75, 3.05) is 29.7 Å². The number of nitrogens with two attached hydrogens (primary N) is 2. The van der Waals surface area contributed by atoms with E-state index in [4.69, 9.17) is 43.2 Å². The van der Waals surface area contributed by atoms with Crippen LogP contribution < -0.4 is 11.5 Å². The number of amidine groups is 2. The summed E-state index contributed by atoms with van der Waals surface area (Å²) in [5.74, 6) is 3.54. The molecule has 15 rings (SSSR count). The quantitative estimate of drug-likeness (QED) is 0.0105. The highest BCUT2D eigenvalue weighted by Gasteiger charge is 2.47. The largest absolute Gasteiger partial charge is 0.460 e. The van der Waals surface area contributed by atoms with Crippen LogP contribution in [0.3, 0.4) is 0 Å². The Labute approximate surface area is 778 Å². The van der Waals surface area contributed by atoms with Gasteiger partial charge < -0.3 is 21.3 Å². The number of aliphatic hydroxyl groups is 1. The van der Waals surface area contributed by atoms with Crippen molar-refractivity contribution in [3.63, 3.8) is 0 Å². The van der Waals surface area contributed by atoms with Crippen LogP contribution in [0, 0.1) is 77.9 Å². The first-order valence-corrected chi connectivity index (χ1v) is 47.3. The molecule has 0 unspecified atom stereocenters. The number of ether oxygens (including phenoxy) is 1. The number of benzene rings is 6. The highest BCUT2D eigenvalue weighted by molar-refractivity contribution is 9.11. The highest BCUT2D eigenvalue weighted by atomic mass is 79.9. The van der Waals surface area contributed by atoms with Crippen LogP contribution in [-0.2, 0) is 30.2 Å². The summed E-state index contributed by atoms with van der Waals surface area (Å²) in [4.78, 5) is 106. The van der Waals surface area contributed by atoms with Gasteiger partial charge in [-0.25, -0.2) is 0 Å². The van der Waals surface area contributed by atoms with Crippen LogP contribution in [0.1, 0.15) is 240 Å². The third-order valence-electron chi connectivity index (χ3n) is 23.8. The van der Waals surface area contributed by atoms with Crippen LogP contribution in [0.2, 0.25) is 0 Å². The van der Waals surface area contributed by atoms with Crippen molar-refractivity contribution in [3.05, 3.63) is 272 Å². The van der Waals surface area contributed by atoms with Crippen molar-refractivity contribution < 1.29 is 53.8 Å². The van der Waals surface area contributed by atoms with Gasteiger partial charge in [0.25, 0.3) is 34.1 Å². The molecule has 128 heavy (non-hydrogen) atoms. The van der Waals surface area contributed by atoms with Gasteiger partial charge in [0.15, 0.2) is 10.3 Å². The smallest absolute Gasteiger partial charge is 0.312 e. The van der Waals surface area contributed by atoms with E-state index in [0.717, 1.165) is 249 Å². The molecule has 6 aromatic carbocycles. The van der Waals surface area contributed by atoms with Gasteiger partial charge >= 0.3 is 5.97 Å². The molecule has 0 radical (unpaired) electrons. The van der Waals surface area contributed by atoms with Crippen molar-refractivity contribution in [1.29, 1.82) is 5.41 Å². The van der Waals surface area contributed by atoms with Crippen LogP contribution in [-0.4, -0.2) is 104 Å². The lowest BCUT2D eigenvalue weighted by Gasteiger charge is -2.44. The molecule has 684 valence electrons. The van der Waals surface area contributed by atoms with E-state index in [1.807, 2.05) is 57.2 Å². The van der Waals surface area contributed by atoms with Gasteiger partial charge in [0, 0.05) is 106 Å². The molecule has 4 atom stereocenters. The maximum Gasteiger partial charge on any atom is 0.312 e. The Kier molecular flexibility index (Phi) is 41.0. The van der Waals surface area contributed by atoms with E-state index < -0.39 is 16.1 Å². The lowest BCUT2D eigenvalue weighted by Crippen LogP contribution is -2.42. The number of nitrogens with zero attached hydrogens (tertiary/aromatic N) is 8. The molecular formula is C94H112BrCl2N11O17S3. The average molecular weight is 1920 g/mol. The third kappa shape index (κ3) is 29.7. The molecule has 2 aliphatic heterocycles. The number of rotatable bonds is 20. The molecule has 0 aromatic heterocycles. The monoisotopic (exact) mass is 1910 g/mol. The standard InChI is InChI=1S/C20H26N2O4S.2C14H17N3O2S.C13H14ClNO2.C13H15NO3.C13H13NO3.C7H9BrO.ClH/c1-19(2,3)26-18(23)12-17-21-20(10-5-4-7-15(20)13-27-17)14-8-6-9-16(11-14)22(24)25;15-13-16-14(7-2-1-4-11(14)9-20-13)10-5-3-6-12(8-10)17(18)19;15-14(16)20-9-11-4-1-2-7-13(11)10-5-3-6-12(8-10)17(18)19;14-9-11-4-1-2-7-13(11)10-5-3-6-12(8-10)15(16)17;2*15-9-11-4-1-2-7-13(11)10-5-3-6-12(8-10)14(16)17;8-7-4-2-1-3-6(7)5-9;/h6,8-9,11,15H,4-5,7,10,12-13H2,1-3H3;3,5-6,8,11H,1-2,4,7,9H2,(H2,15,16);3,5-6,8H,1-2,4,7,9H2,(H3,15,16);3,5-6,8H,1-2,4,7,9H2;3,5-6,8,15H,1-2,4,7,9H2;3,5-6,8-9H,1-2,4,7H2;5H,1-4H2;1H/t15-,20+;11-,14+;;;;;;/m00....../s1. The van der Waals surface area contributed by atoms with Crippen molar-refractivity contribution in [3.8, 4) is 0 Å². The summed E-state index contributed by atoms with van der Waals surface area (Å²) < 4.78 is 6.56. The Morgan fingerprint density at radius 2 is 0.875 bits per heavy atom. The summed E-state index contributed by atoms with van der Waals surface area (Å²) in [6.07, 6.45) is 30.9. The van der Waals surface area contributed by atoms with Crippen molar-refractivity contribution in [1.82, 2.24) is 0 Å². The number of nitro groups is 6. The van der Waals surface area contributed by atoms with E-state index in [0.29, 0.717) is 28.6 Å². The number of hydrogen-bond donors (Lipinski definition) is 4. The zero-order valence-corrected chi connectivity index (χ0v) is 77.9. The van der Waals surface area contributed by atoms with Crippen LogP contribution >= 0.6 is 75.2 Å². The molecule has 2 saturated carbocycles. The molecule has 9 aliphatic rings. The SMILES string of the molecule is CC(C)(C)OC(=O)CC1=N[C@@]2(c3cccc([N+](=O)[O-])c3)CCCC[C@H]2CS1.Cl.N=C(N)SCC1=C(c2cccc([N+](=O)[O-])c2)CCCC1.NC1=N[C@@]2(c3cccc([N+](=O)[O-])c3)CCCC[C@H]2CS1.O=CC1=C(Br)CCCC1.O=CC1=C(c2cccc([N+](=O)[O-])c2)CCCC1.O=[N+]([O-])c1cccc(C2=C(CCl)CCCC2)c1.O=[N+]([O-])c1cccc(C2=C(CO)CCCC2)c1. The normalized spacial score (nSPS) is 20.1. The van der Waals surface area contributed by atoms with Crippen LogP contribution in [0.4, 0.5) is 34.1 Å². The molecule has 6 N–H and O–H groups in total. The topological polar surface area (TPSA) is 440 Å². The molecule has 28 nitrogen and oxygen atoms in total. The Morgan fingerprint density at radius 3 is 1.28 bits per heavy atom. The number of hydrogen-bond acceptors (Lipinski definition) is 24. The lowest BCUT2D eigenvalue weighted by molar-refractivity contribution is -0.385. The second-order valence-electron chi connectivity index (χ2n) is 33.3. The van der Waals surface area contributed by atoms with Gasteiger partial charge in [0.05, 0.1) is 58.7 Å². The predicted octanol–water partition coefficient (Wildman–Crippen LogP) is 24.5. The van der Waals surface area contributed by atoms with Gasteiger partial charge in [0.2, 0.25) is 0 Å². The minimum atomic E-state index is -0.526. The van der Waals surface area contributed by atoms with Gasteiger partial charge in [-0.3, -0.25) is 90.5 Å².